The first-order chi connectivity index (χ1) is 15.8. The van der Waals surface area contributed by atoms with E-state index in [1.165, 1.54) is 0 Å². The molecule has 0 amide bonds. The van der Waals surface area contributed by atoms with E-state index in [0.717, 1.165) is 33.0 Å². The summed E-state index contributed by atoms with van der Waals surface area (Å²) in [5, 5.41) is 1.61. The molecule has 0 saturated carbocycles. The summed E-state index contributed by atoms with van der Waals surface area (Å²) in [6.45, 7) is 3.75. The summed E-state index contributed by atoms with van der Waals surface area (Å²) in [6.07, 6.45) is 0. The number of hydrogen-bond donors (Lipinski definition) is 0. The minimum absolute atomic E-state index is 0.189. The molecule has 4 unspecified atom stereocenters. The molecule has 4 aromatic rings. The zero-order valence-corrected chi connectivity index (χ0v) is 19.3. The lowest BCUT2D eigenvalue weighted by Gasteiger charge is -2.56. The smallest absolute Gasteiger partial charge is 0.162 e. The van der Waals surface area contributed by atoms with Crippen LogP contribution in [0, 0.1) is 5.92 Å². The Morgan fingerprint density at radius 1 is 0.667 bits per heavy atom. The standard InChI is InChI=1S/C29H24O3S/c1-27(2)25-26(33(27,30)31)29(22-15-7-4-8-16-22)24-18-20-12-10-9-11-19(20)17-23(24)28(25,32-29)21-13-5-3-6-14-21/h3-18,25-26H,1-2H3. The molecule has 3 aliphatic heterocycles. The fourth-order valence-electron chi connectivity index (χ4n) is 6.94. The average Bonchev–Trinajstić information content (AvgIpc) is 3.33. The Balaban J connectivity index is 1.67. The van der Waals surface area contributed by atoms with E-state index in [1.807, 2.05) is 74.5 Å². The number of rotatable bonds is 2. The molecule has 3 nitrogen and oxygen atoms in total. The lowest BCUT2D eigenvalue weighted by molar-refractivity contribution is -0.0516. The van der Waals surface area contributed by atoms with Gasteiger partial charge in [0.2, 0.25) is 0 Å². The van der Waals surface area contributed by atoms with Crippen molar-refractivity contribution in [1.82, 2.24) is 0 Å². The monoisotopic (exact) mass is 452 g/mol. The maximum absolute atomic E-state index is 13.9. The third-order valence-electron chi connectivity index (χ3n) is 8.37. The SMILES string of the molecule is CC1(C)C2C(C3(c4ccccc4)OC2(c2ccccc2)c2cc4ccccc4cc23)S1(=O)=O. The van der Waals surface area contributed by atoms with Crippen molar-refractivity contribution in [3.8, 4) is 0 Å². The molecule has 0 aliphatic carbocycles. The van der Waals surface area contributed by atoms with Crippen molar-refractivity contribution >= 4 is 20.6 Å². The highest BCUT2D eigenvalue weighted by molar-refractivity contribution is 7.95. The molecule has 0 N–H and O–H groups in total. The molecule has 3 aliphatic rings. The Morgan fingerprint density at radius 3 is 1.67 bits per heavy atom. The Hall–Kier alpha value is -2.95. The second-order valence-corrected chi connectivity index (χ2v) is 12.7. The van der Waals surface area contributed by atoms with Crippen LogP contribution in [0.15, 0.2) is 97.1 Å². The fraction of sp³-hybridized carbons (Fsp3) is 0.241. The van der Waals surface area contributed by atoms with Crippen LogP contribution in [0.1, 0.15) is 36.1 Å². The van der Waals surface area contributed by atoms with Crippen LogP contribution in [-0.4, -0.2) is 18.4 Å². The summed E-state index contributed by atoms with van der Waals surface area (Å²) in [5.41, 5.74) is 2.16. The molecule has 164 valence electrons. The van der Waals surface area contributed by atoms with Crippen LogP contribution in [0.2, 0.25) is 0 Å². The molecule has 0 spiro atoms. The molecule has 0 radical (unpaired) electrons. The van der Waals surface area contributed by atoms with Crippen LogP contribution in [0.25, 0.3) is 10.8 Å². The minimum atomic E-state index is -3.44. The maximum Gasteiger partial charge on any atom is 0.162 e. The van der Waals surface area contributed by atoms with Crippen LogP contribution >= 0.6 is 0 Å². The Morgan fingerprint density at radius 2 is 1.12 bits per heavy atom. The Labute approximate surface area is 194 Å². The quantitative estimate of drug-likeness (QED) is 0.400. The molecule has 4 heteroatoms. The molecule has 4 atom stereocenters. The average molecular weight is 453 g/mol. The molecule has 7 rings (SSSR count). The Kier molecular flexibility index (Phi) is 3.51. The molecule has 3 heterocycles. The van der Waals surface area contributed by atoms with E-state index in [4.69, 9.17) is 4.74 Å². The summed E-state index contributed by atoms with van der Waals surface area (Å²) in [7, 11) is -3.44. The van der Waals surface area contributed by atoms with Crippen LogP contribution in [0.5, 0.6) is 0 Å². The van der Waals surface area contributed by atoms with Gasteiger partial charge in [-0.15, -0.1) is 0 Å². The maximum atomic E-state index is 13.9. The van der Waals surface area contributed by atoms with Gasteiger partial charge in [-0.2, -0.15) is 0 Å². The van der Waals surface area contributed by atoms with Crippen molar-refractivity contribution in [3.05, 3.63) is 119 Å². The van der Waals surface area contributed by atoms with Gasteiger partial charge in [0, 0.05) is 5.92 Å². The molecular formula is C29H24O3S. The molecule has 0 aromatic heterocycles. The van der Waals surface area contributed by atoms with Crippen LogP contribution in [-0.2, 0) is 25.8 Å². The van der Waals surface area contributed by atoms with Crippen molar-refractivity contribution < 1.29 is 13.2 Å². The number of sulfone groups is 1. The first-order valence-electron chi connectivity index (χ1n) is 11.4. The van der Waals surface area contributed by atoms with Gasteiger partial charge in [0.15, 0.2) is 9.84 Å². The van der Waals surface area contributed by atoms with Gasteiger partial charge in [-0.05, 0) is 59.0 Å². The number of benzene rings is 4. The highest BCUT2D eigenvalue weighted by Crippen LogP contribution is 2.75. The lowest BCUT2D eigenvalue weighted by atomic mass is 9.61. The third-order valence-corrected chi connectivity index (χ3v) is 11.4. The normalized spacial score (nSPS) is 32.2. The second-order valence-electron chi connectivity index (χ2n) is 10.1. The molecular weight excluding hydrogens is 428 g/mol. The van der Waals surface area contributed by atoms with E-state index >= 15 is 0 Å². The van der Waals surface area contributed by atoms with Gasteiger partial charge < -0.3 is 4.74 Å². The van der Waals surface area contributed by atoms with Crippen molar-refractivity contribution in [3.63, 3.8) is 0 Å². The number of hydrogen-bond acceptors (Lipinski definition) is 3. The lowest BCUT2D eigenvalue weighted by Crippen LogP contribution is -2.70. The summed E-state index contributed by atoms with van der Waals surface area (Å²) in [6, 6.07) is 32.8. The minimum Gasteiger partial charge on any atom is -0.348 e. The molecule has 33 heavy (non-hydrogen) atoms. The van der Waals surface area contributed by atoms with E-state index in [9.17, 15) is 8.42 Å². The highest BCUT2D eigenvalue weighted by Gasteiger charge is 2.85. The highest BCUT2D eigenvalue weighted by atomic mass is 32.2. The van der Waals surface area contributed by atoms with Crippen LogP contribution < -0.4 is 0 Å². The van der Waals surface area contributed by atoms with Gasteiger partial charge >= 0.3 is 0 Å². The second kappa shape index (κ2) is 5.94. The van der Waals surface area contributed by atoms with Gasteiger partial charge in [-0.25, -0.2) is 8.42 Å². The first-order valence-corrected chi connectivity index (χ1v) is 13.0. The number of ether oxygens (including phenoxy) is 1. The van der Waals surface area contributed by atoms with Gasteiger partial charge in [0.1, 0.15) is 16.5 Å². The van der Waals surface area contributed by atoms with E-state index < -0.39 is 31.0 Å². The summed E-state index contributed by atoms with van der Waals surface area (Å²) >= 11 is 0. The first kappa shape index (κ1) is 19.5. The van der Waals surface area contributed by atoms with Crippen molar-refractivity contribution in [1.29, 1.82) is 0 Å². The van der Waals surface area contributed by atoms with Crippen LogP contribution in [0.3, 0.4) is 0 Å². The van der Waals surface area contributed by atoms with Gasteiger partial charge in [-0.3, -0.25) is 0 Å². The van der Waals surface area contributed by atoms with Crippen molar-refractivity contribution in [2.45, 2.75) is 35.0 Å². The predicted molar refractivity (Wildman–Crippen MR) is 130 cm³/mol. The van der Waals surface area contributed by atoms with E-state index in [-0.39, 0.29) is 5.92 Å². The molecule has 2 bridgehead atoms. The Bertz CT molecular complexity index is 1540. The van der Waals surface area contributed by atoms with Gasteiger partial charge in [-0.1, -0.05) is 84.9 Å². The van der Waals surface area contributed by atoms with E-state index in [0.29, 0.717) is 0 Å². The summed E-state index contributed by atoms with van der Waals surface area (Å²) in [4.78, 5) is 0. The zero-order valence-electron chi connectivity index (χ0n) is 18.5. The molecule has 4 aromatic carbocycles. The van der Waals surface area contributed by atoms with Gasteiger partial charge in [0.25, 0.3) is 0 Å². The number of fused-ring (bicyclic) bond motifs is 9. The molecule has 2 fully saturated rings. The van der Waals surface area contributed by atoms with E-state index in [1.54, 1.807) is 0 Å². The fourth-order valence-corrected chi connectivity index (χ4v) is 9.66. The van der Waals surface area contributed by atoms with E-state index in [2.05, 4.69) is 36.4 Å². The van der Waals surface area contributed by atoms with Gasteiger partial charge in [0.05, 0.1) is 4.75 Å². The zero-order chi connectivity index (χ0) is 22.6. The summed E-state index contributed by atoms with van der Waals surface area (Å²) < 4.78 is 34.1. The topological polar surface area (TPSA) is 43.4 Å². The van der Waals surface area contributed by atoms with Crippen molar-refractivity contribution in [2.24, 2.45) is 5.92 Å². The summed E-state index contributed by atoms with van der Waals surface area (Å²) in [5.74, 6) is -0.189. The molecule has 2 saturated heterocycles. The van der Waals surface area contributed by atoms with Crippen LogP contribution in [0.4, 0.5) is 0 Å². The predicted octanol–water partition coefficient (Wildman–Crippen LogP) is 5.56. The third kappa shape index (κ3) is 2.00. The largest absolute Gasteiger partial charge is 0.348 e. The van der Waals surface area contributed by atoms with Crippen molar-refractivity contribution in [2.75, 3.05) is 0 Å².